The lowest BCUT2D eigenvalue weighted by Gasteiger charge is -2.31. The van der Waals surface area contributed by atoms with Crippen LogP contribution in [-0.2, 0) is 5.67 Å². The zero-order chi connectivity index (χ0) is 26.6. The van der Waals surface area contributed by atoms with Gasteiger partial charge in [-0.25, -0.2) is 4.39 Å². The van der Waals surface area contributed by atoms with Crippen molar-refractivity contribution in [2.75, 3.05) is 0 Å². The van der Waals surface area contributed by atoms with E-state index in [1.54, 1.807) is 36.7 Å². The van der Waals surface area contributed by atoms with Crippen LogP contribution in [0, 0.1) is 13.8 Å². The Balaban J connectivity index is 1.71. The highest BCUT2D eigenvalue weighted by Gasteiger charge is 2.73. The monoisotopic (exact) mass is 532 g/mol. The zero-order valence-corrected chi connectivity index (χ0v) is 19.7. The molecule has 4 rings (SSSR count). The van der Waals surface area contributed by atoms with E-state index in [9.17, 15) is 35.5 Å². The van der Waals surface area contributed by atoms with Crippen LogP contribution in [0.15, 0.2) is 48.8 Å². The highest BCUT2D eigenvalue weighted by atomic mass is 35.5. The van der Waals surface area contributed by atoms with Crippen LogP contribution >= 0.6 is 11.6 Å². The van der Waals surface area contributed by atoms with E-state index < -0.39 is 23.6 Å². The number of hydrogen-bond acceptors (Lipinski definition) is 1. The van der Waals surface area contributed by atoms with Gasteiger partial charge in [0.15, 0.2) is 0 Å². The molecule has 1 fully saturated rings. The van der Waals surface area contributed by atoms with Crippen LogP contribution in [0.2, 0.25) is 5.02 Å². The lowest BCUT2D eigenvalue weighted by Crippen LogP contribution is -2.50. The number of nitrogens with one attached hydrogen (secondary N) is 1. The molecule has 0 saturated heterocycles. The molecule has 1 amide bonds. The summed E-state index contributed by atoms with van der Waals surface area (Å²) in [5, 5.41) is 3.12. The summed E-state index contributed by atoms with van der Waals surface area (Å²) in [6.45, 7) is 2.61. The fraction of sp³-hybridized carbons (Fsp3) is 0.320. The van der Waals surface area contributed by atoms with Gasteiger partial charge >= 0.3 is 18.0 Å². The third-order valence-corrected chi connectivity index (χ3v) is 6.41. The molecule has 192 valence electrons. The number of amides is 1. The summed E-state index contributed by atoms with van der Waals surface area (Å²) < 4.78 is 95.4. The van der Waals surface area contributed by atoms with Crippen molar-refractivity contribution in [1.29, 1.82) is 0 Å². The Hall–Kier alpha value is -3.01. The van der Waals surface area contributed by atoms with Crippen molar-refractivity contribution in [3.05, 3.63) is 76.1 Å². The first-order valence-corrected chi connectivity index (χ1v) is 11.2. The molecule has 0 bridgehead atoms. The molecule has 2 aromatic carbocycles. The van der Waals surface area contributed by atoms with Crippen molar-refractivity contribution in [3.63, 3.8) is 0 Å². The predicted octanol–water partition coefficient (Wildman–Crippen LogP) is 7.60. The Morgan fingerprint density at radius 1 is 0.917 bits per heavy atom. The average molecular weight is 533 g/mol. The van der Waals surface area contributed by atoms with Crippen LogP contribution in [0.25, 0.3) is 16.8 Å². The second-order valence-electron chi connectivity index (χ2n) is 8.86. The van der Waals surface area contributed by atoms with E-state index >= 15 is 0 Å². The summed E-state index contributed by atoms with van der Waals surface area (Å²) in [6, 6.07) is 7.78. The topological polar surface area (TPSA) is 34.0 Å². The molecular formula is C25H20ClF7N2O. The summed E-state index contributed by atoms with van der Waals surface area (Å²) in [7, 11) is 0. The number of rotatable bonds is 5. The van der Waals surface area contributed by atoms with Crippen LogP contribution in [0.5, 0.6) is 0 Å². The van der Waals surface area contributed by atoms with Gasteiger partial charge in [0.05, 0.1) is 16.3 Å². The predicted molar refractivity (Wildman–Crippen MR) is 121 cm³/mol. The molecule has 0 spiro atoms. The van der Waals surface area contributed by atoms with Gasteiger partial charge in [0.1, 0.15) is 0 Å². The van der Waals surface area contributed by atoms with Gasteiger partial charge in [0, 0.05) is 24.0 Å². The number of aromatic nitrogens is 1. The maximum absolute atomic E-state index is 14.6. The van der Waals surface area contributed by atoms with Crippen LogP contribution in [0.3, 0.4) is 0 Å². The van der Waals surface area contributed by atoms with Gasteiger partial charge in [-0.2, -0.15) is 26.3 Å². The minimum atomic E-state index is -6.19. The molecule has 3 nitrogen and oxygen atoms in total. The van der Waals surface area contributed by atoms with E-state index in [0.29, 0.717) is 28.9 Å². The fourth-order valence-electron chi connectivity index (χ4n) is 4.13. The molecule has 1 aliphatic rings. The first-order valence-electron chi connectivity index (χ1n) is 10.9. The van der Waals surface area contributed by atoms with E-state index in [1.165, 1.54) is 18.4 Å². The smallest absolute Gasteiger partial charge is 0.349 e. The summed E-state index contributed by atoms with van der Waals surface area (Å²) >= 11 is 6.18. The molecule has 3 aromatic rings. The molecule has 0 radical (unpaired) electrons. The Bertz CT molecular complexity index is 1290. The highest BCUT2D eigenvalue weighted by molar-refractivity contribution is 6.34. The number of nitrogens with zero attached hydrogens (tertiary/aromatic N) is 1. The number of hydrogen-bond donors (Lipinski definition) is 1. The lowest BCUT2D eigenvalue weighted by atomic mass is 9.90. The van der Waals surface area contributed by atoms with Gasteiger partial charge < -0.3 is 9.88 Å². The normalized spacial score (nSPS) is 14.7. The van der Waals surface area contributed by atoms with E-state index in [0.717, 1.165) is 12.8 Å². The molecule has 0 aliphatic heterocycles. The number of carbonyl (C=O) groups excluding carboxylic acids is 1. The highest BCUT2D eigenvalue weighted by Crippen LogP contribution is 2.53. The molecule has 1 N–H and O–H groups in total. The minimum absolute atomic E-state index is 0.0169. The number of benzene rings is 2. The molecule has 0 atom stereocenters. The molecule has 1 aromatic heterocycles. The fourth-order valence-corrected chi connectivity index (χ4v) is 4.33. The molecule has 1 heterocycles. The third kappa shape index (κ3) is 4.58. The number of halogens is 8. The molecule has 11 heteroatoms. The summed E-state index contributed by atoms with van der Waals surface area (Å²) in [4.78, 5) is 12.5. The maximum atomic E-state index is 14.6. The van der Waals surface area contributed by atoms with E-state index in [2.05, 4.69) is 5.32 Å². The molecular weight excluding hydrogens is 513 g/mol. The van der Waals surface area contributed by atoms with Crippen LogP contribution in [0.1, 0.15) is 39.9 Å². The van der Waals surface area contributed by atoms with E-state index in [-0.39, 0.29) is 33.7 Å². The number of alkyl halides is 7. The molecule has 1 saturated carbocycles. The van der Waals surface area contributed by atoms with Crippen LogP contribution in [-0.4, -0.2) is 28.9 Å². The Labute approximate surface area is 206 Å². The van der Waals surface area contributed by atoms with E-state index in [4.69, 9.17) is 11.6 Å². The Kier molecular flexibility index (Phi) is 6.39. The SMILES string of the molecule is Cc1cc(C(F)(C(F)(F)F)C(F)(F)F)cc(C)c1-n1ccc(-c2ccc(Cl)c(C(=O)NC3CC3)c2)c1. The minimum Gasteiger partial charge on any atom is -0.349 e. The zero-order valence-electron chi connectivity index (χ0n) is 19.0. The summed E-state index contributed by atoms with van der Waals surface area (Å²) in [5.41, 5.74) is -5.16. The summed E-state index contributed by atoms with van der Waals surface area (Å²) in [5.74, 6) is -0.310. The Morgan fingerprint density at radius 2 is 1.50 bits per heavy atom. The van der Waals surface area contributed by atoms with Crippen molar-refractivity contribution < 1.29 is 35.5 Å². The first-order chi connectivity index (χ1) is 16.6. The lowest BCUT2D eigenvalue weighted by molar-refractivity contribution is -0.348. The van der Waals surface area contributed by atoms with Gasteiger partial charge in [-0.05, 0) is 67.1 Å². The standard InChI is InChI=1S/C25H20ClF7N2O/c1-13-9-17(23(27,24(28,29)30)25(31,32)33)10-14(2)21(13)35-8-7-16(12-35)15-3-6-20(26)19(11-15)22(36)34-18-4-5-18/h3,6-12,18H,4-5H2,1-2H3,(H,34,36). The number of aryl methyl sites for hydroxylation is 2. The summed E-state index contributed by atoms with van der Waals surface area (Å²) in [6.07, 6.45) is -7.40. The Morgan fingerprint density at radius 3 is 2.03 bits per heavy atom. The van der Waals surface area contributed by atoms with Gasteiger partial charge in [0.25, 0.3) is 5.91 Å². The molecule has 36 heavy (non-hydrogen) atoms. The van der Waals surface area contributed by atoms with Crippen molar-refractivity contribution in [2.45, 2.75) is 50.8 Å². The van der Waals surface area contributed by atoms with Crippen molar-refractivity contribution in [2.24, 2.45) is 0 Å². The quantitative estimate of drug-likeness (QED) is 0.337. The first kappa shape index (κ1) is 26.1. The molecule has 1 aliphatic carbocycles. The van der Waals surface area contributed by atoms with Crippen molar-refractivity contribution >= 4 is 17.5 Å². The number of carbonyl (C=O) groups is 1. The molecule has 0 unspecified atom stereocenters. The van der Waals surface area contributed by atoms with Gasteiger partial charge in [-0.1, -0.05) is 29.8 Å². The van der Waals surface area contributed by atoms with Gasteiger partial charge in [-0.15, -0.1) is 0 Å². The van der Waals surface area contributed by atoms with Gasteiger partial charge in [-0.3, -0.25) is 4.79 Å². The van der Waals surface area contributed by atoms with Crippen molar-refractivity contribution in [1.82, 2.24) is 9.88 Å². The second-order valence-corrected chi connectivity index (χ2v) is 9.27. The van der Waals surface area contributed by atoms with Crippen LogP contribution in [0.4, 0.5) is 30.7 Å². The average Bonchev–Trinajstić information content (AvgIpc) is 3.44. The van der Waals surface area contributed by atoms with E-state index in [1.807, 2.05) is 0 Å². The van der Waals surface area contributed by atoms with Gasteiger partial charge in [0.2, 0.25) is 0 Å². The largest absolute Gasteiger partial charge is 0.435 e. The van der Waals surface area contributed by atoms with Crippen LogP contribution < -0.4 is 5.32 Å². The third-order valence-electron chi connectivity index (χ3n) is 6.08. The maximum Gasteiger partial charge on any atom is 0.435 e. The van der Waals surface area contributed by atoms with Crippen molar-refractivity contribution in [3.8, 4) is 16.8 Å². The second kappa shape index (κ2) is 8.83.